The summed E-state index contributed by atoms with van der Waals surface area (Å²) in [5.41, 5.74) is 8.21. The van der Waals surface area contributed by atoms with Gasteiger partial charge in [0, 0.05) is 29.7 Å². The Kier molecular flexibility index (Phi) is 2.55. The first-order valence-corrected chi connectivity index (χ1v) is 6.61. The molecule has 1 fully saturated rings. The lowest BCUT2D eigenvalue weighted by molar-refractivity contribution is -0.0286. The summed E-state index contributed by atoms with van der Waals surface area (Å²) in [5.74, 6) is -0.530. The van der Waals surface area contributed by atoms with Gasteiger partial charge >= 0.3 is 0 Å². The molecular weight excluding hydrogens is 270 g/mol. The molecule has 0 aromatic carbocycles. The minimum atomic E-state index is -0.530. The fourth-order valence-electron chi connectivity index (χ4n) is 2.34. The van der Waals surface area contributed by atoms with Crippen LogP contribution in [-0.2, 0) is 4.74 Å². The van der Waals surface area contributed by atoms with Crippen LogP contribution in [0.3, 0.4) is 0 Å². The molecule has 0 atom stereocenters. The Morgan fingerprint density at radius 3 is 2.81 bits per heavy atom. The number of rotatable bonds is 3. The zero-order valence-corrected chi connectivity index (χ0v) is 11.1. The topological polar surface area (TPSA) is 87.4 Å². The minimum absolute atomic E-state index is 0.259. The Morgan fingerprint density at radius 1 is 1.24 bits per heavy atom. The van der Waals surface area contributed by atoms with Crippen LogP contribution in [0.25, 0.3) is 16.8 Å². The maximum atomic E-state index is 11.2. The number of amides is 1. The molecule has 0 spiro atoms. The third-order valence-electron chi connectivity index (χ3n) is 3.63. The quantitative estimate of drug-likeness (QED) is 0.772. The number of nitrogens with two attached hydrogens (primary N) is 1. The first-order valence-electron chi connectivity index (χ1n) is 6.61. The Bertz CT molecular complexity index is 831. The highest BCUT2D eigenvalue weighted by atomic mass is 16.5. The van der Waals surface area contributed by atoms with Crippen LogP contribution < -0.4 is 5.73 Å². The highest BCUT2D eigenvalue weighted by Crippen LogP contribution is 2.23. The van der Waals surface area contributed by atoms with Gasteiger partial charge < -0.3 is 14.9 Å². The van der Waals surface area contributed by atoms with E-state index in [1.54, 1.807) is 10.6 Å². The van der Waals surface area contributed by atoms with Gasteiger partial charge in [0.15, 0.2) is 0 Å². The van der Waals surface area contributed by atoms with Crippen molar-refractivity contribution >= 4 is 11.6 Å². The second-order valence-electron chi connectivity index (χ2n) is 5.07. The summed E-state index contributed by atoms with van der Waals surface area (Å²) in [6.07, 6.45) is 7.37. The molecule has 3 aromatic rings. The van der Waals surface area contributed by atoms with Crippen molar-refractivity contribution < 1.29 is 9.53 Å². The molecule has 1 saturated heterocycles. The molecule has 7 heteroatoms. The molecule has 106 valence electrons. The summed E-state index contributed by atoms with van der Waals surface area (Å²) >= 11 is 0. The van der Waals surface area contributed by atoms with Crippen molar-refractivity contribution in [3.8, 4) is 11.1 Å². The van der Waals surface area contributed by atoms with E-state index in [0.717, 1.165) is 11.1 Å². The molecule has 2 N–H and O–H groups in total. The third kappa shape index (κ3) is 1.98. The highest BCUT2D eigenvalue weighted by molar-refractivity contribution is 5.91. The van der Waals surface area contributed by atoms with E-state index in [2.05, 4.69) is 10.1 Å². The summed E-state index contributed by atoms with van der Waals surface area (Å²) in [6, 6.07) is 4.13. The summed E-state index contributed by atoms with van der Waals surface area (Å²) in [7, 11) is 0. The van der Waals surface area contributed by atoms with Gasteiger partial charge in [-0.25, -0.2) is 4.98 Å². The minimum Gasteiger partial charge on any atom is -0.377 e. The maximum absolute atomic E-state index is 11.2. The molecule has 0 unspecified atom stereocenters. The molecule has 1 amide bonds. The molecule has 1 aliphatic rings. The van der Waals surface area contributed by atoms with Gasteiger partial charge in [0.25, 0.3) is 5.91 Å². The van der Waals surface area contributed by atoms with Gasteiger partial charge in [-0.3, -0.25) is 9.48 Å². The molecule has 0 saturated carbocycles. The van der Waals surface area contributed by atoms with Gasteiger partial charge in [-0.05, 0) is 12.1 Å². The van der Waals surface area contributed by atoms with Crippen molar-refractivity contribution in [1.82, 2.24) is 19.2 Å². The Morgan fingerprint density at radius 2 is 2.10 bits per heavy atom. The zero-order valence-electron chi connectivity index (χ0n) is 11.1. The third-order valence-corrected chi connectivity index (χ3v) is 3.63. The first-order chi connectivity index (χ1) is 10.2. The SMILES string of the molecule is NC(=O)c1cn2cc(-c3cnn(C4COC4)c3)ccc2n1. The van der Waals surface area contributed by atoms with Gasteiger partial charge in [-0.15, -0.1) is 0 Å². The van der Waals surface area contributed by atoms with Crippen molar-refractivity contribution in [2.45, 2.75) is 6.04 Å². The summed E-state index contributed by atoms with van der Waals surface area (Å²) in [5, 5.41) is 4.37. The number of pyridine rings is 1. The molecular formula is C14H13N5O2. The van der Waals surface area contributed by atoms with Crippen LogP contribution in [0.15, 0.2) is 36.9 Å². The van der Waals surface area contributed by atoms with Crippen LogP contribution in [0.5, 0.6) is 0 Å². The Hall–Kier alpha value is -2.67. The van der Waals surface area contributed by atoms with E-state index >= 15 is 0 Å². The van der Waals surface area contributed by atoms with Crippen molar-refractivity contribution in [3.05, 3.63) is 42.6 Å². The summed E-state index contributed by atoms with van der Waals surface area (Å²) < 4.78 is 8.88. The first kappa shape index (κ1) is 12.1. The van der Waals surface area contributed by atoms with Crippen molar-refractivity contribution in [2.24, 2.45) is 5.73 Å². The van der Waals surface area contributed by atoms with E-state index < -0.39 is 5.91 Å². The van der Waals surface area contributed by atoms with E-state index in [-0.39, 0.29) is 5.69 Å². The molecule has 3 aromatic heterocycles. The van der Waals surface area contributed by atoms with Crippen LogP contribution in [0, 0.1) is 0 Å². The number of carbonyl (C=O) groups excluding carboxylic acids is 1. The molecule has 4 heterocycles. The van der Waals surface area contributed by atoms with Gasteiger partial charge in [-0.1, -0.05) is 0 Å². The molecule has 1 aliphatic heterocycles. The van der Waals surface area contributed by atoms with Crippen LogP contribution in [0.2, 0.25) is 0 Å². The zero-order chi connectivity index (χ0) is 14.4. The average molecular weight is 283 g/mol. The number of hydrogen-bond acceptors (Lipinski definition) is 4. The van der Waals surface area contributed by atoms with Crippen LogP contribution in [0.4, 0.5) is 0 Å². The van der Waals surface area contributed by atoms with Crippen molar-refractivity contribution in [3.63, 3.8) is 0 Å². The van der Waals surface area contributed by atoms with Crippen LogP contribution >= 0.6 is 0 Å². The number of carbonyl (C=O) groups is 1. The van der Waals surface area contributed by atoms with Crippen molar-refractivity contribution in [1.29, 1.82) is 0 Å². The predicted octanol–water partition coefficient (Wildman–Crippen LogP) is 0.868. The predicted molar refractivity (Wildman–Crippen MR) is 74.8 cm³/mol. The van der Waals surface area contributed by atoms with Crippen LogP contribution in [0.1, 0.15) is 16.5 Å². The molecule has 0 bridgehead atoms. The van der Waals surface area contributed by atoms with E-state index in [9.17, 15) is 4.79 Å². The molecule has 0 aliphatic carbocycles. The number of hydrogen-bond donors (Lipinski definition) is 1. The Labute approximate surface area is 120 Å². The number of ether oxygens (including phenoxy) is 1. The number of imidazole rings is 1. The average Bonchev–Trinajstić information content (AvgIpc) is 3.01. The van der Waals surface area contributed by atoms with E-state index in [1.807, 2.05) is 35.4 Å². The van der Waals surface area contributed by atoms with E-state index in [1.165, 1.54) is 0 Å². The molecule has 0 radical (unpaired) electrons. The molecule has 21 heavy (non-hydrogen) atoms. The van der Waals surface area contributed by atoms with E-state index in [0.29, 0.717) is 24.9 Å². The lowest BCUT2D eigenvalue weighted by Crippen LogP contribution is -2.30. The fourth-order valence-corrected chi connectivity index (χ4v) is 2.34. The van der Waals surface area contributed by atoms with Gasteiger partial charge in [-0.2, -0.15) is 5.10 Å². The second kappa shape index (κ2) is 4.42. The summed E-state index contributed by atoms with van der Waals surface area (Å²) in [6.45, 7) is 1.42. The van der Waals surface area contributed by atoms with E-state index in [4.69, 9.17) is 10.5 Å². The Balaban J connectivity index is 1.72. The monoisotopic (exact) mass is 283 g/mol. The van der Waals surface area contributed by atoms with Gasteiger partial charge in [0.05, 0.1) is 25.5 Å². The highest BCUT2D eigenvalue weighted by Gasteiger charge is 2.21. The molecule has 7 nitrogen and oxygen atoms in total. The fraction of sp³-hybridized carbons (Fsp3) is 0.214. The lowest BCUT2D eigenvalue weighted by Gasteiger charge is -2.25. The normalized spacial score (nSPS) is 15.2. The van der Waals surface area contributed by atoms with Crippen molar-refractivity contribution in [2.75, 3.05) is 13.2 Å². The smallest absolute Gasteiger partial charge is 0.268 e. The van der Waals surface area contributed by atoms with Gasteiger partial charge in [0.2, 0.25) is 0 Å². The second-order valence-corrected chi connectivity index (χ2v) is 5.07. The number of primary amides is 1. The largest absolute Gasteiger partial charge is 0.377 e. The van der Waals surface area contributed by atoms with Crippen LogP contribution in [-0.4, -0.2) is 38.3 Å². The number of aromatic nitrogens is 4. The van der Waals surface area contributed by atoms with Gasteiger partial charge in [0.1, 0.15) is 11.3 Å². The lowest BCUT2D eigenvalue weighted by atomic mass is 10.1. The maximum Gasteiger partial charge on any atom is 0.268 e. The summed E-state index contributed by atoms with van der Waals surface area (Å²) in [4.78, 5) is 15.3. The molecule has 4 rings (SSSR count). The standard InChI is InChI=1S/C14H13N5O2/c15-14(20)12-6-18-4-9(1-2-13(18)17-12)10-3-16-19(5-10)11-7-21-8-11/h1-6,11H,7-8H2,(H2,15,20). The number of fused-ring (bicyclic) bond motifs is 1. The number of nitrogens with zero attached hydrogens (tertiary/aromatic N) is 4.